The van der Waals surface area contributed by atoms with Crippen molar-refractivity contribution >= 4 is 11.9 Å². The number of allylic oxidation sites excluding steroid dienone is 1. The van der Waals surface area contributed by atoms with Crippen molar-refractivity contribution in [2.24, 2.45) is 0 Å². The summed E-state index contributed by atoms with van der Waals surface area (Å²) in [5.41, 5.74) is 1.89. The van der Waals surface area contributed by atoms with Crippen LogP contribution in [0.25, 0.3) is 0 Å². The van der Waals surface area contributed by atoms with Crippen LogP contribution >= 0.6 is 0 Å². The van der Waals surface area contributed by atoms with Crippen LogP contribution in [0.1, 0.15) is 65.0 Å². The minimum Gasteiger partial charge on any atom is -0.493 e. The monoisotopic (exact) mass is 429 g/mol. The molecule has 9 heteroatoms. The highest BCUT2D eigenvalue weighted by Crippen LogP contribution is 2.38. The molecule has 0 amide bonds. The van der Waals surface area contributed by atoms with Crippen LogP contribution in [0.3, 0.4) is 0 Å². The maximum Gasteiger partial charge on any atom is 0.338 e. The number of nitrogens with zero attached hydrogens (tertiary/aromatic N) is 4. The van der Waals surface area contributed by atoms with Crippen LogP contribution in [-0.4, -0.2) is 46.0 Å². The standard InChI is InChI=1S/C22H31N5O4/c1-6-7-8-9-12-30-17-11-10-16(13-18(17)29-5)20-19(21(28)31-14(2)3)15(4)23-22-24-25-26-27(20)22/h10-11,13-14,20H,6-9,12H2,1-5H3,(H,23,24,26)/t20-/m0/s1. The molecule has 2 heterocycles. The first-order valence-corrected chi connectivity index (χ1v) is 10.7. The third kappa shape index (κ3) is 5.15. The Hall–Kier alpha value is -3.10. The van der Waals surface area contributed by atoms with Gasteiger partial charge in [-0.2, -0.15) is 4.68 Å². The number of unbranched alkanes of at least 4 members (excludes halogenated alkanes) is 3. The number of rotatable bonds is 10. The van der Waals surface area contributed by atoms with E-state index in [0.717, 1.165) is 18.4 Å². The molecule has 1 aromatic heterocycles. The number of fused-ring (bicyclic) bond motifs is 1. The molecular weight excluding hydrogens is 398 g/mol. The molecule has 1 N–H and O–H groups in total. The van der Waals surface area contributed by atoms with Crippen LogP contribution in [0, 0.1) is 0 Å². The molecule has 0 radical (unpaired) electrons. The molecule has 9 nitrogen and oxygen atoms in total. The number of methoxy groups -OCH3 is 1. The van der Waals surface area contributed by atoms with E-state index in [2.05, 4.69) is 27.8 Å². The number of anilines is 1. The van der Waals surface area contributed by atoms with E-state index in [1.807, 2.05) is 39.0 Å². The number of aromatic nitrogens is 4. The van der Waals surface area contributed by atoms with E-state index in [9.17, 15) is 4.79 Å². The number of tetrazole rings is 1. The van der Waals surface area contributed by atoms with Crippen molar-refractivity contribution in [1.29, 1.82) is 0 Å². The molecule has 0 bridgehead atoms. The summed E-state index contributed by atoms with van der Waals surface area (Å²) in [7, 11) is 1.60. The average Bonchev–Trinajstić information content (AvgIpc) is 3.20. The van der Waals surface area contributed by atoms with Gasteiger partial charge in [-0.05, 0) is 55.3 Å². The van der Waals surface area contributed by atoms with Crippen LogP contribution < -0.4 is 14.8 Å². The van der Waals surface area contributed by atoms with Gasteiger partial charge in [0.25, 0.3) is 0 Å². The Labute approximate surface area is 182 Å². The molecular formula is C22H31N5O4. The van der Waals surface area contributed by atoms with Gasteiger partial charge in [-0.1, -0.05) is 37.4 Å². The van der Waals surface area contributed by atoms with E-state index in [4.69, 9.17) is 14.2 Å². The van der Waals surface area contributed by atoms with Crippen LogP contribution in [0.15, 0.2) is 29.5 Å². The normalized spacial score (nSPS) is 15.5. The number of hydrogen-bond donors (Lipinski definition) is 1. The lowest BCUT2D eigenvalue weighted by atomic mass is 9.95. The molecule has 2 aromatic rings. The highest BCUT2D eigenvalue weighted by atomic mass is 16.5. The van der Waals surface area contributed by atoms with Crippen LogP contribution in [0.2, 0.25) is 0 Å². The van der Waals surface area contributed by atoms with E-state index < -0.39 is 12.0 Å². The number of ether oxygens (including phenoxy) is 3. The third-order valence-electron chi connectivity index (χ3n) is 5.04. The molecule has 1 atom stereocenters. The summed E-state index contributed by atoms with van der Waals surface area (Å²) in [6, 6.07) is 5.07. The Balaban J connectivity index is 1.92. The van der Waals surface area contributed by atoms with Gasteiger partial charge in [-0.25, -0.2) is 4.79 Å². The molecule has 168 valence electrons. The lowest BCUT2D eigenvalue weighted by Gasteiger charge is -2.28. The molecule has 31 heavy (non-hydrogen) atoms. The number of benzene rings is 1. The van der Waals surface area contributed by atoms with Crippen LogP contribution in [0.5, 0.6) is 11.5 Å². The predicted octanol–water partition coefficient (Wildman–Crippen LogP) is 3.88. The maximum atomic E-state index is 12.9. The summed E-state index contributed by atoms with van der Waals surface area (Å²) >= 11 is 0. The van der Waals surface area contributed by atoms with Gasteiger partial charge in [0.2, 0.25) is 5.95 Å². The molecule has 0 fully saturated rings. The smallest absolute Gasteiger partial charge is 0.338 e. The molecule has 0 saturated carbocycles. The molecule has 0 saturated heterocycles. The number of nitrogens with one attached hydrogen (secondary N) is 1. The number of carbonyl (C=O) groups is 1. The van der Waals surface area contributed by atoms with Crippen molar-refractivity contribution in [2.75, 3.05) is 19.0 Å². The fourth-order valence-corrected chi connectivity index (χ4v) is 3.55. The second kappa shape index (κ2) is 10.3. The Morgan fingerprint density at radius 3 is 2.74 bits per heavy atom. The van der Waals surface area contributed by atoms with Gasteiger partial charge in [-0.3, -0.25) is 0 Å². The fraction of sp³-hybridized carbons (Fsp3) is 0.545. The summed E-state index contributed by atoms with van der Waals surface area (Å²) in [4.78, 5) is 12.9. The first kappa shape index (κ1) is 22.6. The SMILES string of the molecule is CCCCCCOc1ccc([C@H]2C(C(=O)OC(C)C)=C(C)Nc3nnnn32)cc1OC. The van der Waals surface area contributed by atoms with E-state index in [0.29, 0.717) is 35.3 Å². The Kier molecular flexibility index (Phi) is 7.49. The Morgan fingerprint density at radius 2 is 2.03 bits per heavy atom. The van der Waals surface area contributed by atoms with Gasteiger partial charge in [0.15, 0.2) is 11.5 Å². The largest absolute Gasteiger partial charge is 0.493 e. The third-order valence-corrected chi connectivity index (χ3v) is 5.04. The van der Waals surface area contributed by atoms with Gasteiger partial charge in [0, 0.05) is 5.70 Å². The van der Waals surface area contributed by atoms with E-state index in [1.165, 1.54) is 12.8 Å². The average molecular weight is 430 g/mol. The lowest BCUT2D eigenvalue weighted by Crippen LogP contribution is -2.30. The number of carbonyl (C=O) groups excluding carboxylic acids is 1. The summed E-state index contributed by atoms with van der Waals surface area (Å²) in [5.74, 6) is 1.30. The molecule has 3 rings (SSSR count). The summed E-state index contributed by atoms with van der Waals surface area (Å²) in [6.45, 7) is 8.26. The fourth-order valence-electron chi connectivity index (χ4n) is 3.55. The first-order valence-electron chi connectivity index (χ1n) is 10.7. The zero-order valence-electron chi connectivity index (χ0n) is 18.8. The Morgan fingerprint density at radius 1 is 1.23 bits per heavy atom. The quantitative estimate of drug-likeness (QED) is 0.449. The van der Waals surface area contributed by atoms with Gasteiger partial charge in [-0.15, -0.1) is 0 Å². The molecule has 0 aliphatic carbocycles. The second-order valence-electron chi connectivity index (χ2n) is 7.79. The molecule has 0 unspecified atom stereocenters. The minimum absolute atomic E-state index is 0.248. The zero-order chi connectivity index (χ0) is 22.4. The van der Waals surface area contributed by atoms with Crippen molar-refractivity contribution in [3.05, 3.63) is 35.0 Å². The van der Waals surface area contributed by atoms with Crippen LogP contribution in [-0.2, 0) is 9.53 Å². The van der Waals surface area contributed by atoms with E-state index in [-0.39, 0.29) is 6.10 Å². The van der Waals surface area contributed by atoms with Crippen molar-refractivity contribution in [2.45, 2.75) is 65.5 Å². The van der Waals surface area contributed by atoms with Gasteiger partial charge >= 0.3 is 5.97 Å². The van der Waals surface area contributed by atoms with E-state index >= 15 is 0 Å². The van der Waals surface area contributed by atoms with Gasteiger partial charge in [0.1, 0.15) is 6.04 Å². The minimum atomic E-state index is -0.551. The highest BCUT2D eigenvalue weighted by molar-refractivity contribution is 5.92. The van der Waals surface area contributed by atoms with Crippen molar-refractivity contribution in [3.63, 3.8) is 0 Å². The maximum absolute atomic E-state index is 12.9. The second-order valence-corrected chi connectivity index (χ2v) is 7.79. The summed E-state index contributed by atoms with van der Waals surface area (Å²) in [6.07, 6.45) is 4.27. The summed E-state index contributed by atoms with van der Waals surface area (Å²) in [5, 5.41) is 14.9. The van der Waals surface area contributed by atoms with Crippen molar-refractivity contribution in [3.8, 4) is 11.5 Å². The van der Waals surface area contributed by atoms with Crippen molar-refractivity contribution in [1.82, 2.24) is 20.2 Å². The predicted molar refractivity (Wildman–Crippen MR) is 116 cm³/mol. The van der Waals surface area contributed by atoms with Crippen molar-refractivity contribution < 1.29 is 19.0 Å². The molecule has 0 spiro atoms. The Bertz CT molecular complexity index is 938. The summed E-state index contributed by atoms with van der Waals surface area (Å²) < 4.78 is 18.6. The molecule has 1 aliphatic heterocycles. The van der Waals surface area contributed by atoms with Gasteiger partial charge in [0.05, 0.1) is 25.4 Å². The zero-order valence-corrected chi connectivity index (χ0v) is 18.8. The lowest BCUT2D eigenvalue weighted by molar-refractivity contribution is -0.143. The topological polar surface area (TPSA) is 100 Å². The van der Waals surface area contributed by atoms with E-state index in [1.54, 1.807) is 11.8 Å². The van der Waals surface area contributed by atoms with Gasteiger partial charge < -0.3 is 19.5 Å². The van der Waals surface area contributed by atoms with Crippen LogP contribution in [0.4, 0.5) is 5.95 Å². The highest BCUT2D eigenvalue weighted by Gasteiger charge is 2.35. The number of hydrogen-bond acceptors (Lipinski definition) is 8. The molecule has 1 aromatic carbocycles. The molecule has 1 aliphatic rings. The number of esters is 1. The first-order chi connectivity index (χ1) is 15.0.